The molecule has 110 valence electrons. The maximum absolute atomic E-state index is 11.4. The van der Waals surface area contributed by atoms with Gasteiger partial charge >= 0.3 is 0 Å². The van der Waals surface area contributed by atoms with Gasteiger partial charge in [-0.2, -0.15) is 0 Å². The lowest BCUT2D eigenvalue weighted by Crippen LogP contribution is -2.21. The minimum absolute atomic E-state index is 0.238. The van der Waals surface area contributed by atoms with E-state index in [1.165, 1.54) is 5.69 Å². The molecule has 1 heterocycles. The molecule has 0 atom stereocenters. The fourth-order valence-corrected chi connectivity index (χ4v) is 2.77. The van der Waals surface area contributed by atoms with Crippen LogP contribution in [0.2, 0.25) is 0 Å². The number of nitrogens with one attached hydrogen (secondary N) is 1. The topological polar surface area (TPSA) is 51.1 Å². The van der Waals surface area contributed by atoms with Crippen LogP contribution in [0.4, 0.5) is 0 Å². The lowest BCUT2D eigenvalue weighted by atomic mass is 10.2. The average molecular weight is 286 g/mol. The summed E-state index contributed by atoms with van der Waals surface area (Å²) in [5, 5.41) is 3.41. The predicted molar refractivity (Wildman–Crippen MR) is 79.9 cm³/mol. The molecule has 4 nitrogen and oxygen atoms in total. The molecule has 0 bridgehead atoms. The first-order valence-corrected chi connectivity index (χ1v) is 8.82. The van der Waals surface area contributed by atoms with E-state index in [2.05, 4.69) is 29.8 Å². The van der Waals surface area contributed by atoms with Crippen molar-refractivity contribution in [1.29, 1.82) is 0 Å². The van der Waals surface area contributed by atoms with Gasteiger partial charge in [-0.3, -0.25) is 0 Å². The molecular weight excluding hydrogens is 260 g/mol. The van der Waals surface area contributed by atoms with Crippen molar-refractivity contribution in [3.05, 3.63) is 24.0 Å². The highest BCUT2D eigenvalue weighted by molar-refractivity contribution is 7.91. The molecular formula is C14H26N2O2S. The summed E-state index contributed by atoms with van der Waals surface area (Å²) in [5.74, 6) is 1.15. The highest BCUT2D eigenvalue weighted by atomic mass is 32.2. The Balaban J connectivity index is 2.40. The Morgan fingerprint density at radius 1 is 1.37 bits per heavy atom. The molecule has 0 aliphatic heterocycles. The normalized spacial score (nSPS) is 12.2. The van der Waals surface area contributed by atoms with Crippen LogP contribution in [0.1, 0.15) is 32.9 Å². The van der Waals surface area contributed by atoms with Crippen LogP contribution in [0, 0.1) is 5.92 Å². The van der Waals surface area contributed by atoms with E-state index in [4.69, 9.17) is 0 Å². The van der Waals surface area contributed by atoms with Gasteiger partial charge in [0.2, 0.25) is 0 Å². The fourth-order valence-electron chi connectivity index (χ4n) is 1.92. The molecule has 0 saturated carbocycles. The van der Waals surface area contributed by atoms with Crippen molar-refractivity contribution in [2.24, 2.45) is 5.92 Å². The van der Waals surface area contributed by atoms with Gasteiger partial charge in [-0.05, 0) is 31.0 Å². The number of hydrogen-bond acceptors (Lipinski definition) is 3. The van der Waals surface area contributed by atoms with Gasteiger partial charge in [0.15, 0.2) is 0 Å². The summed E-state index contributed by atoms with van der Waals surface area (Å²) < 4.78 is 25.0. The van der Waals surface area contributed by atoms with Crippen LogP contribution in [-0.2, 0) is 22.9 Å². The lowest BCUT2D eigenvalue weighted by Gasteiger charge is -2.11. The van der Waals surface area contributed by atoms with Crippen molar-refractivity contribution in [3.8, 4) is 0 Å². The number of nitrogens with zero attached hydrogens (tertiary/aromatic N) is 1. The SMILES string of the molecule is CCS(=O)(=O)CCCn1cccc1CNCC(C)C. The summed E-state index contributed by atoms with van der Waals surface area (Å²) in [6.45, 7) is 8.67. The van der Waals surface area contributed by atoms with E-state index in [0.717, 1.165) is 19.6 Å². The molecule has 0 aliphatic rings. The van der Waals surface area contributed by atoms with Crippen molar-refractivity contribution in [3.63, 3.8) is 0 Å². The highest BCUT2D eigenvalue weighted by Gasteiger charge is 2.07. The molecule has 5 heteroatoms. The predicted octanol–water partition coefficient (Wildman–Crippen LogP) is 2.06. The smallest absolute Gasteiger partial charge is 0.150 e. The zero-order chi connectivity index (χ0) is 14.3. The Morgan fingerprint density at radius 2 is 2.11 bits per heavy atom. The number of aryl methyl sites for hydroxylation is 1. The number of rotatable bonds is 9. The second-order valence-electron chi connectivity index (χ2n) is 5.31. The van der Waals surface area contributed by atoms with Gasteiger partial charge in [-0.15, -0.1) is 0 Å². The minimum atomic E-state index is -2.84. The molecule has 0 unspecified atom stereocenters. The molecule has 0 radical (unpaired) electrons. The molecule has 0 aromatic carbocycles. The second kappa shape index (κ2) is 7.70. The Hall–Kier alpha value is -0.810. The van der Waals surface area contributed by atoms with E-state index in [-0.39, 0.29) is 11.5 Å². The van der Waals surface area contributed by atoms with Crippen molar-refractivity contribution < 1.29 is 8.42 Å². The summed E-state index contributed by atoms with van der Waals surface area (Å²) in [7, 11) is -2.84. The fraction of sp³-hybridized carbons (Fsp3) is 0.714. The number of hydrogen-bond donors (Lipinski definition) is 1. The standard InChI is InChI=1S/C14H26N2O2S/c1-4-19(17,18)10-6-9-16-8-5-7-14(16)12-15-11-13(2)3/h5,7-8,13,15H,4,6,9-12H2,1-3H3. The first kappa shape index (κ1) is 16.2. The van der Waals surface area contributed by atoms with E-state index in [9.17, 15) is 8.42 Å². The van der Waals surface area contributed by atoms with Gasteiger partial charge in [-0.1, -0.05) is 20.8 Å². The first-order valence-electron chi connectivity index (χ1n) is 6.99. The zero-order valence-corrected chi connectivity index (χ0v) is 13.0. The maximum atomic E-state index is 11.4. The molecule has 0 saturated heterocycles. The van der Waals surface area contributed by atoms with Crippen LogP contribution < -0.4 is 5.32 Å². The van der Waals surface area contributed by atoms with E-state index in [1.54, 1.807) is 6.92 Å². The van der Waals surface area contributed by atoms with Gasteiger partial charge in [-0.25, -0.2) is 8.42 Å². The third kappa shape index (κ3) is 6.25. The van der Waals surface area contributed by atoms with Crippen molar-refractivity contribution in [1.82, 2.24) is 9.88 Å². The highest BCUT2D eigenvalue weighted by Crippen LogP contribution is 2.05. The summed E-state index contributed by atoms with van der Waals surface area (Å²) in [6.07, 6.45) is 2.70. The van der Waals surface area contributed by atoms with Crippen molar-refractivity contribution in [2.75, 3.05) is 18.1 Å². The minimum Gasteiger partial charge on any atom is -0.350 e. The van der Waals surface area contributed by atoms with Gasteiger partial charge < -0.3 is 9.88 Å². The summed E-state index contributed by atoms with van der Waals surface area (Å²) in [6, 6.07) is 4.10. The lowest BCUT2D eigenvalue weighted by molar-refractivity contribution is 0.531. The van der Waals surface area contributed by atoms with Crippen molar-refractivity contribution >= 4 is 9.84 Å². The van der Waals surface area contributed by atoms with E-state index in [1.807, 2.05) is 12.3 Å². The maximum Gasteiger partial charge on any atom is 0.150 e. The van der Waals surface area contributed by atoms with Crippen LogP contribution in [0.3, 0.4) is 0 Å². The van der Waals surface area contributed by atoms with Gasteiger partial charge in [0.05, 0.1) is 5.75 Å². The second-order valence-corrected chi connectivity index (χ2v) is 7.78. The molecule has 1 aromatic rings. The molecule has 0 spiro atoms. The first-order chi connectivity index (χ1) is 8.94. The Bertz CT molecular complexity index is 464. The molecule has 19 heavy (non-hydrogen) atoms. The average Bonchev–Trinajstić information content (AvgIpc) is 2.76. The number of sulfone groups is 1. The van der Waals surface area contributed by atoms with Gasteiger partial charge in [0.1, 0.15) is 9.84 Å². The molecule has 0 aliphatic carbocycles. The Morgan fingerprint density at radius 3 is 2.74 bits per heavy atom. The summed E-state index contributed by atoms with van der Waals surface area (Å²) >= 11 is 0. The van der Waals surface area contributed by atoms with Crippen LogP contribution in [0.5, 0.6) is 0 Å². The molecule has 1 N–H and O–H groups in total. The van der Waals surface area contributed by atoms with Crippen LogP contribution in [-0.4, -0.2) is 31.0 Å². The van der Waals surface area contributed by atoms with Crippen LogP contribution >= 0.6 is 0 Å². The van der Waals surface area contributed by atoms with Crippen LogP contribution in [0.25, 0.3) is 0 Å². The third-order valence-electron chi connectivity index (χ3n) is 3.08. The van der Waals surface area contributed by atoms with Gasteiger partial charge in [0, 0.05) is 30.7 Å². The molecule has 1 aromatic heterocycles. The molecule has 0 amide bonds. The molecule has 1 rings (SSSR count). The van der Waals surface area contributed by atoms with E-state index >= 15 is 0 Å². The van der Waals surface area contributed by atoms with E-state index < -0.39 is 9.84 Å². The van der Waals surface area contributed by atoms with Crippen LogP contribution in [0.15, 0.2) is 18.3 Å². The monoisotopic (exact) mass is 286 g/mol. The summed E-state index contributed by atoms with van der Waals surface area (Å²) in [5.41, 5.74) is 1.22. The van der Waals surface area contributed by atoms with Crippen molar-refractivity contribution in [2.45, 2.75) is 40.3 Å². The summed E-state index contributed by atoms with van der Waals surface area (Å²) in [4.78, 5) is 0. The number of aromatic nitrogens is 1. The largest absolute Gasteiger partial charge is 0.350 e. The Kier molecular flexibility index (Phi) is 6.58. The quantitative estimate of drug-likeness (QED) is 0.756. The van der Waals surface area contributed by atoms with Gasteiger partial charge in [0.25, 0.3) is 0 Å². The Labute approximate surface area is 117 Å². The zero-order valence-electron chi connectivity index (χ0n) is 12.2. The van der Waals surface area contributed by atoms with E-state index in [0.29, 0.717) is 12.3 Å². The third-order valence-corrected chi connectivity index (χ3v) is 4.87. The molecule has 0 fully saturated rings.